The Bertz CT molecular complexity index is 873. The molecule has 1 aliphatic rings. The van der Waals surface area contributed by atoms with Crippen LogP contribution in [-0.4, -0.2) is 40.7 Å². The van der Waals surface area contributed by atoms with E-state index in [1.54, 1.807) is 42.5 Å². The van der Waals surface area contributed by atoms with Gasteiger partial charge in [0.05, 0.1) is 0 Å². The van der Waals surface area contributed by atoms with Crippen LogP contribution in [0.25, 0.3) is 0 Å². The molecule has 2 aromatic carbocycles. The zero-order valence-electron chi connectivity index (χ0n) is 14.2. The maximum absolute atomic E-state index is 12.1. The van der Waals surface area contributed by atoms with Crippen LogP contribution in [0.4, 0.5) is 11.4 Å². The topological polar surface area (TPSA) is 93.7 Å². The Morgan fingerprint density at radius 2 is 1.44 bits per heavy atom. The summed E-state index contributed by atoms with van der Waals surface area (Å²) in [5.41, 5.74) is 1.05. The quantitative estimate of drug-likeness (QED) is 0.765. The van der Waals surface area contributed by atoms with Gasteiger partial charge in [-0.15, -0.1) is 0 Å². The number of benzene rings is 2. The van der Waals surface area contributed by atoms with Crippen LogP contribution in [-0.2, 0) is 20.4 Å². The van der Waals surface area contributed by atoms with Crippen molar-refractivity contribution in [1.82, 2.24) is 0 Å². The molecule has 2 amide bonds. The van der Waals surface area contributed by atoms with Crippen LogP contribution in [0.3, 0.4) is 0 Å². The minimum atomic E-state index is -1.64. The van der Waals surface area contributed by atoms with Gasteiger partial charge in [-0.25, -0.2) is 0 Å². The van der Waals surface area contributed by atoms with E-state index in [-0.39, 0.29) is 11.5 Å². The third kappa shape index (κ3) is 5.70. The first kappa shape index (κ1) is 19.2. The lowest BCUT2D eigenvalue weighted by molar-refractivity contribution is -0.114. The predicted molar refractivity (Wildman–Crippen MR) is 104 cm³/mol. The van der Waals surface area contributed by atoms with E-state index in [2.05, 4.69) is 10.6 Å². The number of hydrogen-bond donors (Lipinski definition) is 2. The lowest BCUT2D eigenvalue weighted by Gasteiger charge is -2.19. The number of anilines is 2. The summed E-state index contributed by atoms with van der Waals surface area (Å²) in [5, 5.41) is 5.79. The molecule has 27 heavy (non-hydrogen) atoms. The van der Waals surface area contributed by atoms with Crippen LogP contribution < -0.4 is 20.1 Å². The second kappa shape index (κ2) is 8.88. The zero-order chi connectivity index (χ0) is 19.2. The summed E-state index contributed by atoms with van der Waals surface area (Å²) in [4.78, 5) is 24.0. The van der Waals surface area contributed by atoms with E-state index in [4.69, 9.17) is 21.1 Å². The number of halogens is 1. The van der Waals surface area contributed by atoms with Gasteiger partial charge in [0.2, 0.25) is 11.8 Å². The number of amides is 2. The molecule has 3 rings (SSSR count). The van der Waals surface area contributed by atoms with E-state index < -0.39 is 22.6 Å². The Kier molecular flexibility index (Phi) is 6.31. The molecule has 1 heterocycles. The molecule has 0 spiro atoms. The zero-order valence-corrected chi connectivity index (χ0v) is 15.8. The summed E-state index contributed by atoms with van der Waals surface area (Å²) in [5.74, 6) is -0.309. The first-order chi connectivity index (χ1) is 13.0. The normalized spacial score (nSPS) is 13.5. The fraction of sp³-hybridized carbons (Fsp3) is 0.222. The van der Waals surface area contributed by atoms with Gasteiger partial charge in [-0.3, -0.25) is 13.8 Å². The molecular formula is C18H17ClN2O5S. The molecule has 9 heteroatoms. The molecule has 1 atom stereocenters. The van der Waals surface area contributed by atoms with Gasteiger partial charge in [0.25, 0.3) is 0 Å². The third-order valence-electron chi connectivity index (χ3n) is 3.54. The smallest absolute Gasteiger partial charge is 0.237 e. The highest BCUT2D eigenvalue weighted by Crippen LogP contribution is 2.32. The number of nitrogens with one attached hydrogen (secondary N) is 2. The molecule has 0 saturated heterocycles. The van der Waals surface area contributed by atoms with Crippen molar-refractivity contribution >= 4 is 45.6 Å². The molecule has 2 N–H and O–H groups in total. The number of hydrogen-bond acceptors (Lipinski definition) is 5. The van der Waals surface area contributed by atoms with E-state index in [0.29, 0.717) is 41.1 Å². The lowest BCUT2D eigenvalue weighted by atomic mass is 10.2. The largest absolute Gasteiger partial charge is 0.486 e. The van der Waals surface area contributed by atoms with Crippen molar-refractivity contribution < 1.29 is 23.3 Å². The summed E-state index contributed by atoms with van der Waals surface area (Å²) in [6.07, 6.45) is 0. The maximum atomic E-state index is 12.1. The number of fused-ring (bicyclic) bond motifs is 1. The van der Waals surface area contributed by atoms with Crippen molar-refractivity contribution in [2.45, 2.75) is 0 Å². The van der Waals surface area contributed by atoms with E-state index >= 15 is 0 Å². The van der Waals surface area contributed by atoms with Crippen LogP contribution in [0.1, 0.15) is 0 Å². The summed E-state index contributed by atoms with van der Waals surface area (Å²) in [6, 6.07) is 11.5. The Labute approximate surface area is 163 Å². The summed E-state index contributed by atoms with van der Waals surface area (Å²) in [6.45, 7) is 0.924. The van der Waals surface area contributed by atoms with Gasteiger partial charge in [0.1, 0.15) is 24.7 Å². The van der Waals surface area contributed by atoms with Gasteiger partial charge in [-0.05, 0) is 36.4 Å². The standard InChI is InChI=1S/C18H17ClN2O5S/c19-12-1-3-13(4-2-12)20-17(22)10-27(24)11-18(23)21-14-5-6-15-16(9-14)26-8-7-25-15/h1-6,9H,7-8,10-11H2,(H,20,22)(H,21,23)/t27-/m1/s1. The van der Waals surface area contributed by atoms with Gasteiger partial charge in [0, 0.05) is 33.3 Å². The molecular weight excluding hydrogens is 392 g/mol. The Morgan fingerprint density at radius 1 is 0.889 bits per heavy atom. The molecule has 0 fully saturated rings. The third-order valence-corrected chi connectivity index (χ3v) is 4.96. The van der Waals surface area contributed by atoms with E-state index in [1.807, 2.05) is 0 Å². The second-order valence-corrected chi connectivity index (χ2v) is 7.58. The van der Waals surface area contributed by atoms with Crippen molar-refractivity contribution in [1.29, 1.82) is 0 Å². The van der Waals surface area contributed by atoms with Gasteiger partial charge >= 0.3 is 0 Å². The molecule has 0 saturated carbocycles. The molecule has 0 radical (unpaired) electrons. The predicted octanol–water partition coefficient (Wildman–Crippen LogP) is 2.44. The van der Waals surface area contributed by atoms with Crippen LogP contribution in [0.15, 0.2) is 42.5 Å². The fourth-order valence-electron chi connectivity index (χ4n) is 2.39. The van der Waals surface area contributed by atoms with Gasteiger partial charge in [-0.2, -0.15) is 0 Å². The molecule has 1 aliphatic heterocycles. The average molecular weight is 409 g/mol. The number of ether oxygens (including phenoxy) is 2. The maximum Gasteiger partial charge on any atom is 0.237 e. The van der Waals surface area contributed by atoms with Crippen LogP contribution in [0.2, 0.25) is 5.02 Å². The lowest BCUT2D eigenvalue weighted by Crippen LogP contribution is -2.26. The average Bonchev–Trinajstić information content (AvgIpc) is 2.63. The number of rotatable bonds is 6. The summed E-state index contributed by atoms with van der Waals surface area (Å²) in [7, 11) is -1.64. The minimum absolute atomic E-state index is 0.281. The molecule has 7 nitrogen and oxygen atoms in total. The van der Waals surface area contributed by atoms with Crippen molar-refractivity contribution in [3.63, 3.8) is 0 Å². The molecule has 0 aromatic heterocycles. The first-order valence-corrected chi connectivity index (χ1v) is 9.96. The fourth-order valence-corrected chi connectivity index (χ4v) is 3.35. The number of carbonyl (C=O) groups excluding carboxylic acids is 2. The van der Waals surface area contributed by atoms with E-state index in [9.17, 15) is 13.8 Å². The Hall–Kier alpha value is -2.58. The monoisotopic (exact) mass is 408 g/mol. The van der Waals surface area contributed by atoms with Crippen molar-refractivity contribution in [2.24, 2.45) is 0 Å². The molecule has 0 unspecified atom stereocenters. The van der Waals surface area contributed by atoms with Crippen LogP contribution in [0.5, 0.6) is 11.5 Å². The highest BCUT2D eigenvalue weighted by atomic mass is 35.5. The minimum Gasteiger partial charge on any atom is -0.486 e. The summed E-state index contributed by atoms with van der Waals surface area (Å²) < 4.78 is 22.9. The summed E-state index contributed by atoms with van der Waals surface area (Å²) >= 11 is 5.77. The molecule has 0 bridgehead atoms. The molecule has 0 aliphatic carbocycles. The van der Waals surface area contributed by atoms with Crippen molar-refractivity contribution in [3.8, 4) is 11.5 Å². The van der Waals surface area contributed by atoms with E-state index in [1.165, 1.54) is 0 Å². The van der Waals surface area contributed by atoms with Crippen LogP contribution in [0, 0.1) is 0 Å². The van der Waals surface area contributed by atoms with Gasteiger partial charge in [0.15, 0.2) is 11.5 Å². The second-order valence-electron chi connectivity index (χ2n) is 5.69. The molecule has 2 aromatic rings. The van der Waals surface area contributed by atoms with Crippen LogP contribution >= 0.6 is 11.6 Å². The Morgan fingerprint density at radius 3 is 2.11 bits per heavy atom. The SMILES string of the molecule is O=C(C[S@@](=O)CC(=O)Nc1ccc2c(c1)OCCO2)Nc1ccc(Cl)cc1. The van der Waals surface area contributed by atoms with Gasteiger partial charge in [-0.1, -0.05) is 11.6 Å². The Balaban J connectivity index is 1.48. The van der Waals surface area contributed by atoms with Crippen molar-refractivity contribution in [2.75, 3.05) is 35.4 Å². The van der Waals surface area contributed by atoms with Crippen molar-refractivity contribution in [3.05, 3.63) is 47.5 Å². The first-order valence-electron chi connectivity index (χ1n) is 8.09. The highest BCUT2D eigenvalue weighted by molar-refractivity contribution is 7.86. The van der Waals surface area contributed by atoms with E-state index in [0.717, 1.165) is 0 Å². The number of carbonyl (C=O) groups is 2. The van der Waals surface area contributed by atoms with Gasteiger partial charge < -0.3 is 20.1 Å². The highest BCUT2D eigenvalue weighted by Gasteiger charge is 2.15. The molecule has 142 valence electrons.